The first-order chi connectivity index (χ1) is 12.8. The van der Waals surface area contributed by atoms with E-state index in [1.807, 2.05) is 0 Å². The van der Waals surface area contributed by atoms with Crippen LogP contribution in [0.25, 0.3) is 0 Å². The maximum absolute atomic E-state index is 12.1. The van der Waals surface area contributed by atoms with Gasteiger partial charge in [0.2, 0.25) is 11.8 Å². The van der Waals surface area contributed by atoms with E-state index in [1.54, 1.807) is 31.4 Å². The number of methoxy groups -OCH3 is 1. The van der Waals surface area contributed by atoms with Crippen molar-refractivity contribution in [2.75, 3.05) is 25.2 Å². The Bertz CT molecular complexity index is 789. The van der Waals surface area contributed by atoms with Crippen LogP contribution in [0.15, 0.2) is 24.3 Å². The van der Waals surface area contributed by atoms with Gasteiger partial charge < -0.3 is 15.4 Å². The van der Waals surface area contributed by atoms with Crippen LogP contribution < -0.4 is 15.4 Å². The van der Waals surface area contributed by atoms with Gasteiger partial charge in [-0.1, -0.05) is 0 Å². The average Bonchev–Trinajstić information content (AvgIpc) is 2.98. The lowest BCUT2D eigenvalue weighted by Crippen LogP contribution is -2.42. The lowest BCUT2D eigenvalue weighted by Gasteiger charge is -2.11. The zero-order valence-corrected chi connectivity index (χ0v) is 16.0. The molecule has 8 nitrogen and oxygen atoms in total. The van der Waals surface area contributed by atoms with Crippen LogP contribution in [-0.2, 0) is 19.4 Å². The molecule has 1 unspecified atom stereocenters. The van der Waals surface area contributed by atoms with Crippen LogP contribution in [0, 0.1) is 0 Å². The molecule has 148 valence electrons. The largest absolute Gasteiger partial charge is 0.497 e. The van der Waals surface area contributed by atoms with Gasteiger partial charge in [0.05, 0.1) is 25.2 Å². The van der Waals surface area contributed by atoms with E-state index in [9.17, 15) is 22.8 Å². The van der Waals surface area contributed by atoms with Crippen LogP contribution in [0.1, 0.15) is 36.0 Å². The van der Waals surface area contributed by atoms with Crippen molar-refractivity contribution < 1.29 is 27.5 Å². The van der Waals surface area contributed by atoms with E-state index in [2.05, 4.69) is 10.6 Å². The molecule has 0 aliphatic carbocycles. The minimum Gasteiger partial charge on any atom is -0.497 e. The van der Waals surface area contributed by atoms with Crippen LogP contribution in [0.2, 0.25) is 0 Å². The molecule has 1 aromatic rings. The molecular weight excluding hydrogens is 372 g/mol. The average molecular weight is 396 g/mol. The second-order valence-corrected chi connectivity index (χ2v) is 8.68. The molecule has 1 heterocycles. The molecule has 0 aromatic heterocycles. The number of hydrogen-bond acceptors (Lipinski definition) is 6. The predicted molar refractivity (Wildman–Crippen MR) is 99.4 cm³/mol. The molecule has 2 N–H and O–H groups in total. The summed E-state index contributed by atoms with van der Waals surface area (Å²) in [6, 6.07) is 6.37. The molecule has 1 atom stereocenters. The monoisotopic (exact) mass is 396 g/mol. The minimum absolute atomic E-state index is 0.0554. The van der Waals surface area contributed by atoms with Gasteiger partial charge in [-0.25, -0.2) is 8.42 Å². The molecule has 0 spiro atoms. The standard InChI is InChI=1S/C18H24N2O6S/c1-26-15-7-5-13(6-8-15)16(21)3-2-4-17(22)19-11-18(23)20-14-9-10-27(24,25)12-14/h5-8,14H,2-4,9-12H2,1H3,(H,19,22)(H,20,23). The van der Waals surface area contributed by atoms with Gasteiger partial charge in [0, 0.05) is 24.4 Å². The molecular formula is C18H24N2O6S. The van der Waals surface area contributed by atoms with Crippen LogP contribution in [0.4, 0.5) is 0 Å². The topological polar surface area (TPSA) is 119 Å². The third-order valence-corrected chi connectivity index (χ3v) is 6.03. The normalized spacial score (nSPS) is 17.9. The number of rotatable bonds is 9. The molecule has 9 heteroatoms. The molecule has 1 aromatic carbocycles. The van der Waals surface area contributed by atoms with E-state index in [0.29, 0.717) is 24.2 Å². The predicted octanol–water partition coefficient (Wildman–Crippen LogP) is 0.468. The number of amides is 2. The molecule has 1 aliphatic rings. The van der Waals surface area contributed by atoms with E-state index in [1.165, 1.54) is 0 Å². The number of ketones is 1. The van der Waals surface area contributed by atoms with Gasteiger partial charge in [0.1, 0.15) is 5.75 Å². The fourth-order valence-electron chi connectivity index (χ4n) is 2.79. The van der Waals surface area contributed by atoms with Gasteiger partial charge in [-0.2, -0.15) is 0 Å². The van der Waals surface area contributed by atoms with Crippen molar-refractivity contribution >= 4 is 27.4 Å². The quantitative estimate of drug-likeness (QED) is 0.586. The lowest BCUT2D eigenvalue weighted by atomic mass is 10.1. The minimum atomic E-state index is -3.06. The first kappa shape index (κ1) is 20.9. The summed E-state index contributed by atoms with van der Waals surface area (Å²) in [5.74, 6) is -0.122. The van der Waals surface area contributed by atoms with Gasteiger partial charge in [-0.15, -0.1) is 0 Å². The Morgan fingerprint density at radius 1 is 1.11 bits per heavy atom. The van der Waals surface area contributed by atoms with E-state index in [-0.39, 0.29) is 48.6 Å². The maximum Gasteiger partial charge on any atom is 0.239 e. The van der Waals surface area contributed by atoms with Crippen molar-refractivity contribution in [2.24, 2.45) is 0 Å². The number of ether oxygens (including phenoxy) is 1. The molecule has 0 bridgehead atoms. The van der Waals surface area contributed by atoms with Crippen LogP contribution in [-0.4, -0.2) is 57.2 Å². The summed E-state index contributed by atoms with van der Waals surface area (Å²) in [4.78, 5) is 35.6. The number of sulfone groups is 1. The van der Waals surface area contributed by atoms with Crippen LogP contribution >= 0.6 is 0 Å². The Morgan fingerprint density at radius 2 is 1.81 bits per heavy atom. The lowest BCUT2D eigenvalue weighted by molar-refractivity contribution is -0.126. The van der Waals surface area contributed by atoms with Crippen molar-refractivity contribution in [1.82, 2.24) is 10.6 Å². The van der Waals surface area contributed by atoms with Crippen LogP contribution in [0.3, 0.4) is 0 Å². The summed E-state index contributed by atoms with van der Waals surface area (Å²) in [7, 11) is -1.51. The molecule has 27 heavy (non-hydrogen) atoms. The molecule has 2 rings (SSSR count). The second kappa shape index (κ2) is 9.50. The number of carbonyl (C=O) groups is 3. The molecule has 1 saturated heterocycles. The Balaban J connectivity index is 1.62. The molecule has 2 amide bonds. The van der Waals surface area contributed by atoms with Gasteiger partial charge in [0.15, 0.2) is 15.6 Å². The third-order valence-electron chi connectivity index (χ3n) is 4.26. The van der Waals surface area contributed by atoms with Crippen molar-refractivity contribution in [3.05, 3.63) is 29.8 Å². The highest BCUT2D eigenvalue weighted by Gasteiger charge is 2.28. The number of nitrogens with one attached hydrogen (secondary N) is 2. The molecule has 0 saturated carbocycles. The van der Waals surface area contributed by atoms with Crippen molar-refractivity contribution in [3.8, 4) is 5.75 Å². The highest BCUT2D eigenvalue weighted by atomic mass is 32.2. The summed E-state index contributed by atoms with van der Waals surface area (Å²) < 4.78 is 27.7. The Labute approximate surface area is 158 Å². The summed E-state index contributed by atoms with van der Waals surface area (Å²) in [5.41, 5.74) is 0.558. The first-order valence-corrected chi connectivity index (χ1v) is 10.5. The smallest absolute Gasteiger partial charge is 0.239 e. The van der Waals surface area contributed by atoms with Gasteiger partial charge in [0.25, 0.3) is 0 Å². The second-order valence-electron chi connectivity index (χ2n) is 6.45. The fourth-order valence-corrected chi connectivity index (χ4v) is 4.46. The highest BCUT2D eigenvalue weighted by Crippen LogP contribution is 2.14. The van der Waals surface area contributed by atoms with E-state index < -0.39 is 15.7 Å². The number of benzene rings is 1. The third kappa shape index (κ3) is 7.01. The number of hydrogen-bond donors (Lipinski definition) is 2. The van der Waals surface area contributed by atoms with Crippen molar-refractivity contribution in [3.63, 3.8) is 0 Å². The molecule has 0 radical (unpaired) electrons. The highest BCUT2D eigenvalue weighted by molar-refractivity contribution is 7.91. The Morgan fingerprint density at radius 3 is 2.41 bits per heavy atom. The van der Waals surface area contributed by atoms with Gasteiger partial charge in [-0.05, 0) is 37.1 Å². The summed E-state index contributed by atoms with van der Waals surface area (Å²) >= 11 is 0. The summed E-state index contributed by atoms with van der Waals surface area (Å²) in [6.45, 7) is -0.207. The van der Waals surface area contributed by atoms with Gasteiger partial charge in [-0.3, -0.25) is 14.4 Å². The van der Waals surface area contributed by atoms with Crippen LogP contribution in [0.5, 0.6) is 5.75 Å². The summed E-state index contributed by atoms with van der Waals surface area (Å²) in [5, 5.41) is 5.08. The number of Topliss-reactive ketones (excluding diaryl/α,β-unsaturated/α-hetero) is 1. The SMILES string of the molecule is COc1ccc(C(=O)CCCC(=O)NCC(=O)NC2CCS(=O)(=O)C2)cc1. The van der Waals surface area contributed by atoms with E-state index in [0.717, 1.165) is 0 Å². The van der Waals surface area contributed by atoms with Crippen molar-refractivity contribution in [1.29, 1.82) is 0 Å². The zero-order valence-electron chi connectivity index (χ0n) is 15.2. The van der Waals surface area contributed by atoms with E-state index in [4.69, 9.17) is 4.74 Å². The summed E-state index contributed by atoms with van der Waals surface area (Å²) in [6.07, 6.45) is 1.13. The van der Waals surface area contributed by atoms with Crippen molar-refractivity contribution in [2.45, 2.75) is 31.7 Å². The number of carbonyl (C=O) groups excluding carboxylic acids is 3. The van der Waals surface area contributed by atoms with Gasteiger partial charge >= 0.3 is 0 Å². The fraction of sp³-hybridized carbons (Fsp3) is 0.500. The Hall–Kier alpha value is -2.42. The molecule has 1 aliphatic heterocycles. The van der Waals surface area contributed by atoms with E-state index >= 15 is 0 Å². The maximum atomic E-state index is 12.1. The first-order valence-electron chi connectivity index (χ1n) is 8.73. The Kier molecular flexibility index (Phi) is 7.35. The zero-order chi connectivity index (χ0) is 19.9. The molecule has 1 fully saturated rings.